The van der Waals surface area contributed by atoms with E-state index in [4.69, 9.17) is 9.47 Å². The van der Waals surface area contributed by atoms with Crippen LogP contribution in [0.2, 0.25) is 0 Å². The van der Waals surface area contributed by atoms with Gasteiger partial charge in [-0.3, -0.25) is 4.74 Å². The van der Waals surface area contributed by atoms with Crippen LogP contribution in [0.3, 0.4) is 0 Å². The summed E-state index contributed by atoms with van der Waals surface area (Å²) in [5.74, 6) is -1.10. The number of esters is 1. The number of rotatable bonds is 3. The first-order chi connectivity index (χ1) is 14.7. The third-order valence-electron chi connectivity index (χ3n) is 6.09. The third-order valence-corrected chi connectivity index (χ3v) is 10.2. The zero-order valence-electron chi connectivity index (χ0n) is 16.9. The highest BCUT2D eigenvalue weighted by atomic mass is 31.2. The van der Waals surface area contributed by atoms with Gasteiger partial charge in [0.25, 0.3) is 0 Å². The Morgan fingerprint density at radius 1 is 0.600 bits per heavy atom. The molecule has 1 spiro atoms. The van der Waals surface area contributed by atoms with Gasteiger partial charge in [-0.1, -0.05) is 97.4 Å². The fourth-order valence-electron chi connectivity index (χ4n) is 4.71. The van der Waals surface area contributed by atoms with Gasteiger partial charge < -0.3 is 4.74 Å². The van der Waals surface area contributed by atoms with Crippen LogP contribution < -0.4 is 15.9 Å². The Morgan fingerprint density at radius 2 is 1.03 bits per heavy atom. The highest BCUT2D eigenvalue weighted by Crippen LogP contribution is 2.50. The van der Waals surface area contributed by atoms with E-state index in [0.29, 0.717) is 5.48 Å². The highest BCUT2D eigenvalue weighted by molar-refractivity contribution is 7.96. The van der Waals surface area contributed by atoms with Crippen LogP contribution in [0.15, 0.2) is 91.0 Å². The fraction of sp³-hybridized carbons (Fsp3) is 0.231. The summed E-state index contributed by atoms with van der Waals surface area (Å²) < 4.78 is 12.6. The normalized spacial score (nSPS) is 18.4. The minimum absolute atomic E-state index is 0.304. The molecule has 1 aliphatic carbocycles. The van der Waals surface area contributed by atoms with Gasteiger partial charge in [0, 0.05) is 19.7 Å². The lowest BCUT2D eigenvalue weighted by atomic mass is 9.94. The number of hydrogen-bond acceptors (Lipinski definition) is 3. The van der Waals surface area contributed by atoms with E-state index in [1.165, 1.54) is 0 Å². The standard InChI is InChI=1S/C26H25O3P/c27-24-25(29-26(28-24)19-11-4-12-20-26)30(21-13-5-1-6-14-21,22-15-7-2-8-16-22)23-17-9-3-10-18-23/h1-3,5-10,13-18H,4,11-12,19-20H2. The van der Waals surface area contributed by atoms with Crippen LogP contribution in [0, 0.1) is 0 Å². The van der Waals surface area contributed by atoms with Crippen molar-refractivity contribution >= 4 is 34.2 Å². The largest absolute Gasteiger partial charge is 0.428 e. The molecule has 0 atom stereocenters. The quantitative estimate of drug-likeness (QED) is 0.471. The molecule has 1 saturated heterocycles. The number of carbonyl (C=O) groups excluding carboxylic acids is 1. The van der Waals surface area contributed by atoms with Crippen molar-refractivity contribution in [2.45, 2.75) is 37.9 Å². The predicted molar refractivity (Wildman–Crippen MR) is 123 cm³/mol. The summed E-state index contributed by atoms with van der Waals surface area (Å²) in [5, 5.41) is 3.30. The third kappa shape index (κ3) is 3.14. The van der Waals surface area contributed by atoms with Gasteiger partial charge >= 0.3 is 5.97 Å². The summed E-state index contributed by atoms with van der Waals surface area (Å²) in [6.45, 7) is -2.53. The maximum atomic E-state index is 13.5. The first kappa shape index (κ1) is 19.4. The zero-order valence-corrected chi connectivity index (χ0v) is 17.8. The second-order valence-corrected chi connectivity index (χ2v) is 11.2. The van der Waals surface area contributed by atoms with Crippen LogP contribution in [-0.4, -0.2) is 17.2 Å². The van der Waals surface area contributed by atoms with Gasteiger partial charge in [-0.15, -0.1) is 0 Å². The van der Waals surface area contributed by atoms with Crippen LogP contribution >= 0.6 is 6.89 Å². The van der Waals surface area contributed by atoms with Crippen molar-refractivity contribution in [3.63, 3.8) is 0 Å². The van der Waals surface area contributed by atoms with E-state index in [-0.39, 0.29) is 5.97 Å². The van der Waals surface area contributed by atoms with Crippen LogP contribution in [-0.2, 0) is 14.3 Å². The van der Waals surface area contributed by atoms with Gasteiger partial charge in [-0.2, -0.15) is 0 Å². The molecule has 3 nitrogen and oxygen atoms in total. The number of ether oxygens (including phenoxy) is 2. The van der Waals surface area contributed by atoms with Gasteiger partial charge in [-0.25, -0.2) is 4.79 Å². The molecule has 152 valence electrons. The first-order valence-electron chi connectivity index (χ1n) is 10.6. The Balaban J connectivity index is 1.88. The summed E-state index contributed by atoms with van der Waals surface area (Å²) in [6, 6.07) is 30.9. The van der Waals surface area contributed by atoms with E-state index >= 15 is 0 Å². The molecule has 0 radical (unpaired) electrons. The summed E-state index contributed by atoms with van der Waals surface area (Å²) in [5.41, 5.74) is 0.480. The van der Waals surface area contributed by atoms with Crippen LogP contribution in [0.25, 0.3) is 0 Å². The van der Waals surface area contributed by atoms with Gasteiger partial charge in [0.2, 0.25) is 5.79 Å². The molecule has 1 saturated carbocycles. The van der Waals surface area contributed by atoms with E-state index in [1.54, 1.807) is 0 Å². The smallest absolute Gasteiger partial charge is 0.365 e. The van der Waals surface area contributed by atoms with Crippen molar-refractivity contribution in [3.8, 4) is 0 Å². The Bertz CT molecular complexity index is 981. The summed E-state index contributed by atoms with van der Waals surface area (Å²) in [4.78, 5) is 13.5. The monoisotopic (exact) mass is 416 g/mol. The highest BCUT2D eigenvalue weighted by Gasteiger charge is 2.50. The van der Waals surface area contributed by atoms with Crippen molar-refractivity contribution in [1.29, 1.82) is 0 Å². The molecule has 3 aromatic carbocycles. The summed E-state index contributed by atoms with van der Waals surface area (Å²) >= 11 is 0. The molecule has 5 rings (SSSR count). The Morgan fingerprint density at radius 3 is 1.47 bits per heavy atom. The SMILES string of the molecule is O=C1OC2(CCCCC2)OC1=P(c1ccccc1)(c1ccccc1)c1ccccc1. The van der Waals surface area contributed by atoms with E-state index in [2.05, 4.69) is 36.4 Å². The minimum atomic E-state index is -2.53. The average molecular weight is 416 g/mol. The Hall–Kier alpha value is -2.61. The number of carbonyl (C=O) groups is 1. The van der Waals surface area contributed by atoms with Gasteiger partial charge in [0.05, 0.1) is 0 Å². The fourth-order valence-corrected chi connectivity index (χ4v) is 8.78. The van der Waals surface area contributed by atoms with Crippen LogP contribution in [0.5, 0.6) is 0 Å². The Labute approximate surface area is 177 Å². The van der Waals surface area contributed by atoms with Crippen molar-refractivity contribution in [2.75, 3.05) is 0 Å². The second kappa shape index (κ2) is 7.91. The molecule has 30 heavy (non-hydrogen) atoms. The van der Waals surface area contributed by atoms with Crippen LogP contribution in [0.1, 0.15) is 32.1 Å². The van der Waals surface area contributed by atoms with Gasteiger partial charge in [-0.05, 0) is 28.8 Å². The molecule has 3 aromatic rings. The molecule has 0 unspecified atom stereocenters. The van der Waals surface area contributed by atoms with Crippen molar-refractivity contribution < 1.29 is 14.3 Å². The summed E-state index contributed by atoms with van der Waals surface area (Å²) in [7, 11) is 0. The molecular formula is C26H25O3P. The van der Waals surface area contributed by atoms with E-state index in [0.717, 1.165) is 48.0 Å². The van der Waals surface area contributed by atoms with E-state index < -0.39 is 12.7 Å². The second-order valence-electron chi connectivity index (χ2n) is 7.95. The van der Waals surface area contributed by atoms with E-state index in [1.807, 2.05) is 54.6 Å². The molecule has 1 aliphatic heterocycles. The number of benzene rings is 3. The molecule has 4 heteroatoms. The van der Waals surface area contributed by atoms with Crippen LogP contribution in [0.4, 0.5) is 0 Å². The molecule has 1 heterocycles. The minimum Gasteiger partial charge on any atom is -0.428 e. The Kier molecular flexibility index (Phi) is 5.10. The maximum absolute atomic E-state index is 13.5. The van der Waals surface area contributed by atoms with E-state index in [9.17, 15) is 4.79 Å². The molecule has 0 N–H and O–H groups in total. The predicted octanol–water partition coefficient (Wildman–Crippen LogP) is 4.34. The number of hydrogen-bond donors (Lipinski definition) is 0. The molecule has 0 aromatic heterocycles. The van der Waals surface area contributed by atoms with Gasteiger partial charge in [0.1, 0.15) is 0 Å². The molecule has 2 fully saturated rings. The lowest BCUT2D eigenvalue weighted by molar-refractivity contribution is -0.179. The van der Waals surface area contributed by atoms with Crippen molar-refractivity contribution in [3.05, 3.63) is 91.0 Å². The maximum Gasteiger partial charge on any atom is 0.365 e. The van der Waals surface area contributed by atoms with Crippen molar-refractivity contribution in [2.24, 2.45) is 0 Å². The molecular weight excluding hydrogens is 391 g/mol. The average Bonchev–Trinajstić information content (AvgIpc) is 3.12. The molecule has 0 bridgehead atoms. The lowest BCUT2D eigenvalue weighted by Gasteiger charge is -2.32. The molecule has 2 aliphatic rings. The summed E-state index contributed by atoms with van der Waals surface area (Å²) in [6.07, 6.45) is 4.73. The molecule has 0 amide bonds. The topological polar surface area (TPSA) is 35.5 Å². The van der Waals surface area contributed by atoms with Crippen molar-refractivity contribution in [1.82, 2.24) is 0 Å². The zero-order chi connectivity index (χ0) is 20.4. The van der Waals surface area contributed by atoms with Gasteiger partial charge in [0.15, 0.2) is 5.48 Å². The lowest BCUT2D eigenvalue weighted by Crippen LogP contribution is -2.35. The first-order valence-corrected chi connectivity index (χ1v) is 12.4.